The van der Waals surface area contributed by atoms with E-state index in [1.54, 1.807) is 12.1 Å². The SMILES string of the molecule is COC(=O)c1cccc(Nc2ccc(Br)cc2)c1. The van der Waals surface area contributed by atoms with Gasteiger partial charge in [0.05, 0.1) is 12.7 Å². The first-order chi connectivity index (χ1) is 8.69. The number of anilines is 2. The molecule has 0 unspecified atom stereocenters. The van der Waals surface area contributed by atoms with Crippen molar-refractivity contribution in [1.82, 2.24) is 0 Å². The molecule has 3 nitrogen and oxygen atoms in total. The lowest BCUT2D eigenvalue weighted by molar-refractivity contribution is 0.0601. The third-order valence-electron chi connectivity index (χ3n) is 2.42. The zero-order valence-corrected chi connectivity index (χ0v) is 11.4. The van der Waals surface area contributed by atoms with E-state index in [2.05, 4.69) is 26.0 Å². The molecule has 2 rings (SSSR count). The van der Waals surface area contributed by atoms with Crippen LogP contribution < -0.4 is 5.32 Å². The number of rotatable bonds is 3. The Hall–Kier alpha value is -1.81. The predicted molar refractivity (Wildman–Crippen MR) is 75.2 cm³/mol. The summed E-state index contributed by atoms with van der Waals surface area (Å²) in [6, 6.07) is 15.0. The topological polar surface area (TPSA) is 38.3 Å². The molecule has 0 aromatic heterocycles. The van der Waals surface area contributed by atoms with Gasteiger partial charge in [0.1, 0.15) is 0 Å². The van der Waals surface area contributed by atoms with E-state index in [0.717, 1.165) is 15.8 Å². The van der Waals surface area contributed by atoms with E-state index in [0.29, 0.717) is 5.56 Å². The monoisotopic (exact) mass is 305 g/mol. The second-order valence-corrected chi connectivity index (χ2v) is 4.62. The maximum atomic E-state index is 11.4. The molecule has 2 aromatic rings. The smallest absolute Gasteiger partial charge is 0.337 e. The Balaban J connectivity index is 2.19. The molecule has 92 valence electrons. The lowest BCUT2D eigenvalue weighted by Gasteiger charge is -2.07. The second kappa shape index (κ2) is 5.69. The van der Waals surface area contributed by atoms with Crippen LogP contribution in [0.15, 0.2) is 53.0 Å². The Labute approximate surface area is 114 Å². The van der Waals surface area contributed by atoms with Gasteiger partial charge in [-0.15, -0.1) is 0 Å². The fourth-order valence-electron chi connectivity index (χ4n) is 1.54. The average Bonchev–Trinajstić information content (AvgIpc) is 2.41. The van der Waals surface area contributed by atoms with Crippen LogP contribution >= 0.6 is 15.9 Å². The van der Waals surface area contributed by atoms with Crippen LogP contribution in [0.2, 0.25) is 0 Å². The first kappa shape index (κ1) is 12.6. The molecule has 0 heterocycles. The maximum Gasteiger partial charge on any atom is 0.337 e. The van der Waals surface area contributed by atoms with Gasteiger partial charge in [-0.2, -0.15) is 0 Å². The van der Waals surface area contributed by atoms with Gasteiger partial charge >= 0.3 is 5.97 Å². The van der Waals surface area contributed by atoms with Crippen molar-refractivity contribution < 1.29 is 9.53 Å². The number of ether oxygens (including phenoxy) is 1. The summed E-state index contributed by atoms with van der Waals surface area (Å²) in [6.07, 6.45) is 0. The van der Waals surface area contributed by atoms with E-state index < -0.39 is 0 Å². The molecule has 18 heavy (non-hydrogen) atoms. The maximum absolute atomic E-state index is 11.4. The molecule has 0 spiro atoms. The molecule has 0 amide bonds. The summed E-state index contributed by atoms with van der Waals surface area (Å²) in [4.78, 5) is 11.4. The van der Waals surface area contributed by atoms with Gasteiger partial charge < -0.3 is 10.1 Å². The zero-order chi connectivity index (χ0) is 13.0. The highest BCUT2D eigenvalue weighted by atomic mass is 79.9. The molecule has 1 N–H and O–H groups in total. The third-order valence-corrected chi connectivity index (χ3v) is 2.95. The molecule has 4 heteroatoms. The highest BCUT2D eigenvalue weighted by Gasteiger charge is 2.05. The predicted octanol–water partition coefficient (Wildman–Crippen LogP) is 3.98. The summed E-state index contributed by atoms with van der Waals surface area (Å²) >= 11 is 3.38. The van der Waals surface area contributed by atoms with Gasteiger partial charge in [0.2, 0.25) is 0 Å². The molecule has 2 aromatic carbocycles. The molecule has 0 radical (unpaired) electrons. The Morgan fingerprint density at radius 2 is 1.83 bits per heavy atom. The second-order valence-electron chi connectivity index (χ2n) is 3.70. The number of carbonyl (C=O) groups is 1. The van der Waals surface area contributed by atoms with Crippen LogP contribution in [0.25, 0.3) is 0 Å². The van der Waals surface area contributed by atoms with E-state index in [1.165, 1.54) is 7.11 Å². The summed E-state index contributed by atoms with van der Waals surface area (Å²) in [7, 11) is 1.37. The van der Waals surface area contributed by atoms with Gasteiger partial charge in [0, 0.05) is 15.8 Å². The minimum absolute atomic E-state index is 0.338. The van der Waals surface area contributed by atoms with E-state index in [1.807, 2.05) is 36.4 Å². The molecular formula is C14H12BrNO2. The van der Waals surface area contributed by atoms with E-state index in [4.69, 9.17) is 0 Å². The lowest BCUT2D eigenvalue weighted by atomic mass is 10.2. The number of hydrogen-bond donors (Lipinski definition) is 1. The normalized spacial score (nSPS) is 9.89. The van der Waals surface area contributed by atoms with Gasteiger partial charge in [-0.3, -0.25) is 0 Å². The quantitative estimate of drug-likeness (QED) is 0.872. The lowest BCUT2D eigenvalue weighted by Crippen LogP contribution is -2.01. The summed E-state index contributed by atoms with van der Waals surface area (Å²) in [5, 5.41) is 3.22. The Morgan fingerprint density at radius 3 is 2.50 bits per heavy atom. The Morgan fingerprint density at radius 1 is 1.11 bits per heavy atom. The van der Waals surface area contributed by atoms with Crippen LogP contribution in [0.1, 0.15) is 10.4 Å². The fraction of sp³-hybridized carbons (Fsp3) is 0.0714. The van der Waals surface area contributed by atoms with E-state index >= 15 is 0 Å². The van der Waals surface area contributed by atoms with Crippen molar-refractivity contribution in [1.29, 1.82) is 0 Å². The molecule has 0 bridgehead atoms. The van der Waals surface area contributed by atoms with Crippen molar-refractivity contribution in [3.05, 3.63) is 58.6 Å². The van der Waals surface area contributed by atoms with Gasteiger partial charge in [-0.25, -0.2) is 4.79 Å². The third kappa shape index (κ3) is 3.11. The molecule has 0 fully saturated rings. The first-order valence-electron chi connectivity index (χ1n) is 5.40. The number of hydrogen-bond acceptors (Lipinski definition) is 3. The van der Waals surface area contributed by atoms with Crippen molar-refractivity contribution in [3.63, 3.8) is 0 Å². The number of methoxy groups -OCH3 is 1. The minimum atomic E-state index is -0.338. The summed E-state index contributed by atoms with van der Waals surface area (Å²) in [5.41, 5.74) is 2.33. The van der Waals surface area contributed by atoms with Crippen LogP contribution in [0.3, 0.4) is 0 Å². The van der Waals surface area contributed by atoms with Crippen molar-refractivity contribution in [2.75, 3.05) is 12.4 Å². The Bertz CT molecular complexity index is 552. The minimum Gasteiger partial charge on any atom is -0.465 e. The molecule has 0 saturated carbocycles. The summed E-state index contributed by atoms with van der Waals surface area (Å²) in [6.45, 7) is 0. The van der Waals surface area contributed by atoms with Crippen molar-refractivity contribution in [3.8, 4) is 0 Å². The molecule has 0 atom stereocenters. The van der Waals surface area contributed by atoms with Gasteiger partial charge in [0.25, 0.3) is 0 Å². The highest BCUT2D eigenvalue weighted by Crippen LogP contribution is 2.20. The van der Waals surface area contributed by atoms with Crippen LogP contribution in [0.5, 0.6) is 0 Å². The average molecular weight is 306 g/mol. The number of benzene rings is 2. The largest absolute Gasteiger partial charge is 0.465 e. The molecule has 0 aliphatic heterocycles. The molecule has 0 aliphatic rings. The number of esters is 1. The molecular weight excluding hydrogens is 294 g/mol. The van der Waals surface area contributed by atoms with Crippen molar-refractivity contribution >= 4 is 33.3 Å². The van der Waals surface area contributed by atoms with Gasteiger partial charge in [-0.1, -0.05) is 22.0 Å². The van der Waals surface area contributed by atoms with Gasteiger partial charge in [-0.05, 0) is 42.5 Å². The Kier molecular flexibility index (Phi) is 3.99. The zero-order valence-electron chi connectivity index (χ0n) is 9.81. The molecule has 0 aliphatic carbocycles. The van der Waals surface area contributed by atoms with Crippen LogP contribution in [-0.4, -0.2) is 13.1 Å². The van der Waals surface area contributed by atoms with Crippen LogP contribution in [-0.2, 0) is 4.74 Å². The van der Waals surface area contributed by atoms with Crippen molar-refractivity contribution in [2.24, 2.45) is 0 Å². The van der Waals surface area contributed by atoms with E-state index in [9.17, 15) is 4.79 Å². The van der Waals surface area contributed by atoms with E-state index in [-0.39, 0.29) is 5.97 Å². The fourth-order valence-corrected chi connectivity index (χ4v) is 1.81. The van der Waals surface area contributed by atoms with Crippen molar-refractivity contribution in [2.45, 2.75) is 0 Å². The number of halogens is 1. The van der Waals surface area contributed by atoms with Crippen LogP contribution in [0.4, 0.5) is 11.4 Å². The highest BCUT2D eigenvalue weighted by molar-refractivity contribution is 9.10. The summed E-state index contributed by atoms with van der Waals surface area (Å²) < 4.78 is 5.71. The summed E-state index contributed by atoms with van der Waals surface area (Å²) in [5.74, 6) is -0.338. The molecule has 0 saturated heterocycles. The first-order valence-corrected chi connectivity index (χ1v) is 6.19. The number of nitrogens with one attached hydrogen (secondary N) is 1. The van der Waals surface area contributed by atoms with Gasteiger partial charge in [0.15, 0.2) is 0 Å². The standard InChI is InChI=1S/C14H12BrNO2/c1-18-14(17)10-3-2-4-13(9-10)16-12-7-5-11(15)6-8-12/h2-9,16H,1H3. The number of carbonyl (C=O) groups excluding carboxylic acids is 1. The van der Waals surface area contributed by atoms with Crippen LogP contribution in [0, 0.1) is 0 Å².